The Labute approximate surface area is 195 Å². The van der Waals surface area contributed by atoms with Gasteiger partial charge in [-0.3, -0.25) is 0 Å². The Balaban J connectivity index is 1.64. The molecule has 0 saturated heterocycles. The molecule has 0 spiro atoms. The van der Waals surface area contributed by atoms with E-state index in [1.807, 2.05) is 43.6 Å². The number of benzene rings is 1. The van der Waals surface area contributed by atoms with E-state index >= 15 is 0 Å². The number of hydrogen-bond donors (Lipinski definition) is 0. The fourth-order valence-corrected chi connectivity index (χ4v) is 3.83. The number of nitrogens with zero attached hydrogens (tertiary/aromatic N) is 3. The van der Waals surface area contributed by atoms with Gasteiger partial charge in [-0.05, 0) is 55.5 Å². The first kappa shape index (κ1) is 25.8. The number of aryl methyl sites for hydroxylation is 1. The molecule has 0 fully saturated rings. The van der Waals surface area contributed by atoms with Crippen LogP contribution in [0.15, 0.2) is 36.7 Å². The molecule has 0 amide bonds. The van der Waals surface area contributed by atoms with E-state index in [1.54, 1.807) is 0 Å². The van der Waals surface area contributed by atoms with Crippen LogP contribution in [0, 0.1) is 17.2 Å². The van der Waals surface area contributed by atoms with Gasteiger partial charge in [-0.25, -0.2) is 9.97 Å². The van der Waals surface area contributed by atoms with Crippen molar-refractivity contribution in [2.24, 2.45) is 5.92 Å². The van der Waals surface area contributed by atoms with Gasteiger partial charge in [0.05, 0.1) is 12.7 Å². The van der Waals surface area contributed by atoms with Crippen LogP contribution < -0.4 is 4.74 Å². The third kappa shape index (κ3) is 10.3. The second-order valence-electron chi connectivity index (χ2n) is 8.74. The summed E-state index contributed by atoms with van der Waals surface area (Å²) in [7, 11) is 0. The Hall–Kier alpha value is -2.41. The molecule has 174 valence electrons. The van der Waals surface area contributed by atoms with E-state index in [0.717, 1.165) is 36.4 Å². The Morgan fingerprint density at radius 2 is 1.44 bits per heavy atom. The summed E-state index contributed by atoms with van der Waals surface area (Å²) < 4.78 is 5.76. The van der Waals surface area contributed by atoms with Crippen LogP contribution in [-0.2, 0) is 6.42 Å². The van der Waals surface area contributed by atoms with Gasteiger partial charge in [-0.2, -0.15) is 5.26 Å². The molecule has 0 N–H and O–H groups in total. The second-order valence-corrected chi connectivity index (χ2v) is 8.74. The van der Waals surface area contributed by atoms with Crippen molar-refractivity contribution >= 4 is 0 Å². The molecule has 0 aliphatic heterocycles. The molecular weight excluding hydrogens is 394 g/mol. The van der Waals surface area contributed by atoms with Gasteiger partial charge in [0.15, 0.2) is 5.82 Å². The van der Waals surface area contributed by atoms with Gasteiger partial charge in [0.1, 0.15) is 5.75 Å². The Morgan fingerprint density at radius 3 is 2.00 bits per heavy atom. The molecule has 32 heavy (non-hydrogen) atoms. The summed E-state index contributed by atoms with van der Waals surface area (Å²) in [5, 5.41) is 9.01. The molecule has 0 saturated carbocycles. The number of rotatable bonds is 17. The van der Waals surface area contributed by atoms with Crippen molar-refractivity contribution < 1.29 is 4.74 Å². The zero-order valence-electron chi connectivity index (χ0n) is 20.2. The molecule has 0 aliphatic carbocycles. The average Bonchev–Trinajstić information content (AvgIpc) is 2.84. The molecule has 4 heteroatoms. The Bertz CT molecular complexity index is 765. The summed E-state index contributed by atoms with van der Waals surface area (Å²) in [6, 6.07) is 10.2. The van der Waals surface area contributed by atoms with Gasteiger partial charge in [0.25, 0.3) is 0 Å². The van der Waals surface area contributed by atoms with E-state index < -0.39 is 0 Å². The molecule has 0 radical (unpaired) electrons. The highest BCUT2D eigenvalue weighted by Crippen LogP contribution is 2.20. The van der Waals surface area contributed by atoms with Crippen LogP contribution >= 0.6 is 0 Å². The molecule has 0 bridgehead atoms. The summed E-state index contributed by atoms with van der Waals surface area (Å²) in [5.41, 5.74) is 2.21. The van der Waals surface area contributed by atoms with E-state index in [2.05, 4.69) is 23.0 Å². The van der Waals surface area contributed by atoms with E-state index in [9.17, 15) is 0 Å². The van der Waals surface area contributed by atoms with Crippen molar-refractivity contribution in [1.82, 2.24) is 9.97 Å². The predicted octanol–water partition coefficient (Wildman–Crippen LogP) is 7.93. The highest BCUT2D eigenvalue weighted by Gasteiger charge is 2.06. The van der Waals surface area contributed by atoms with Gasteiger partial charge in [0, 0.05) is 23.9 Å². The first-order valence-corrected chi connectivity index (χ1v) is 12.7. The van der Waals surface area contributed by atoms with Crippen molar-refractivity contribution in [2.45, 2.75) is 97.3 Å². The number of hydrogen-bond acceptors (Lipinski definition) is 4. The van der Waals surface area contributed by atoms with E-state index in [0.29, 0.717) is 6.61 Å². The first-order chi connectivity index (χ1) is 15.8. The fourth-order valence-electron chi connectivity index (χ4n) is 3.83. The lowest BCUT2D eigenvalue weighted by molar-refractivity contribution is 0.291. The highest BCUT2D eigenvalue weighted by atomic mass is 16.5. The Kier molecular flexibility index (Phi) is 13.1. The quantitative estimate of drug-likeness (QED) is 0.237. The zero-order chi connectivity index (χ0) is 22.9. The summed E-state index contributed by atoms with van der Waals surface area (Å²) in [4.78, 5) is 9.12. The normalized spacial score (nSPS) is 11.8. The number of aromatic nitrogens is 2. The van der Waals surface area contributed by atoms with Gasteiger partial charge >= 0.3 is 0 Å². The van der Waals surface area contributed by atoms with Crippen molar-refractivity contribution in [3.63, 3.8) is 0 Å². The lowest BCUT2D eigenvalue weighted by Crippen LogP contribution is -2.04. The monoisotopic (exact) mass is 435 g/mol. The minimum Gasteiger partial charge on any atom is -0.494 e. The van der Waals surface area contributed by atoms with E-state index in [4.69, 9.17) is 10.00 Å². The molecule has 1 aromatic carbocycles. The largest absolute Gasteiger partial charge is 0.494 e. The molecule has 4 nitrogen and oxygen atoms in total. The maximum Gasteiger partial charge on any atom is 0.159 e. The molecule has 1 aromatic heterocycles. The minimum atomic E-state index is 0.0708. The van der Waals surface area contributed by atoms with Crippen LogP contribution in [0.1, 0.15) is 96.5 Å². The van der Waals surface area contributed by atoms with Gasteiger partial charge in [-0.1, -0.05) is 71.6 Å². The molecule has 0 aliphatic rings. The summed E-state index contributed by atoms with van der Waals surface area (Å²) >= 11 is 0. The SMILES string of the molecule is CCCCCCCCCCCCc1cnc(-c2ccc(OCCC(C#N)CC)cc2)nc1. The van der Waals surface area contributed by atoms with Crippen LogP contribution in [-0.4, -0.2) is 16.6 Å². The van der Waals surface area contributed by atoms with Crippen LogP contribution in [0.3, 0.4) is 0 Å². The molecule has 2 aromatic rings. The Morgan fingerprint density at radius 1 is 0.844 bits per heavy atom. The van der Waals surface area contributed by atoms with Crippen LogP contribution in [0.2, 0.25) is 0 Å². The van der Waals surface area contributed by atoms with Crippen LogP contribution in [0.5, 0.6) is 5.75 Å². The van der Waals surface area contributed by atoms with Gasteiger partial charge < -0.3 is 4.74 Å². The minimum absolute atomic E-state index is 0.0708. The number of ether oxygens (including phenoxy) is 1. The summed E-state index contributed by atoms with van der Waals surface area (Å²) in [5.74, 6) is 1.64. The number of nitriles is 1. The molecule has 1 atom stereocenters. The molecule has 2 rings (SSSR count). The summed E-state index contributed by atoms with van der Waals surface area (Å²) in [6.45, 7) is 4.87. The highest BCUT2D eigenvalue weighted by molar-refractivity contribution is 5.55. The topological polar surface area (TPSA) is 58.8 Å². The summed E-state index contributed by atoms with van der Waals surface area (Å²) in [6.07, 6.45) is 20.2. The lowest BCUT2D eigenvalue weighted by Gasteiger charge is -2.09. The van der Waals surface area contributed by atoms with Crippen LogP contribution in [0.4, 0.5) is 0 Å². The van der Waals surface area contributed by atoms with Crippen molar-refractivity contribution in [2.75, 3.05) is 6.61 Å². The van der Waals surface area contributed by atoms with Crippen molar-refractivity contribution in [3.8, 4) is 23.2 Å². The van der Waals surface area contributed by atoms with Gasteiger partial charge in [0.2, 0.25) is 0 Å². The average molecular weight is 436 g/mol. The number of unbranched alkanes of at least 4 members (excludes halogenated alkanes) is 9. The second kappa shape index (κ2) is 16.3. The maximum atomic E-state index is 9.01. The zero-order valence-corrected chi connectivity index (χ0v) is 20.2. The fraction of sp³-hybridized carbons (Fsp3) is 0.607. The lowest BCUT2D eigenvalue weighted by atomic mass is 10.0. The van der Waals surface area contributed by atoms with Crippen molar-refractivity contribution in [1.29, 1.82) is 5.26 Å². The molecular formula is C28H41N3O. The standard InChI is InChI=1S/C28H41N3O/c1-3-5-6-7-8-9-10-11-12-13-14-25-22-30-28(31-23-25)26-15-17-27(18-16-26)32-20-19-24(4-2)21-29/h15-18,22-24H,3-14,19-20H2,1-2H3. The van der Waals surface area contributed by atoms with Crippen LogP contribution in [0.25, 0.3) is 11.4 Å². The maximum absolute atomic E-state index is 9.01. The first-order valence-electron chi connectivity index (χ1n) is 12.7. The van der Waals surface area contributed by atoms with E-state index in [1.165, 1.54) is 69.8 Å². The van der Waals surface area contributed by atoms with E-state index in [-0.39, 0.29) is 5.92 Å². The predicted molar refractivity (Wildman–Crippen MR) is 133 cm³/mol. The molecule has 1 heterocycles. The molecule has 1 unspecified atom stereocenters. The third-order valence-corrected chi connectivity index (χ3v) is 6.05. The third-order valence-electron chi connectivity index (χ3n) is 6.05. The van der Waals surface area contributed by atoms with Gasteiger partial charge in [-0.15, -0.1) is 0 Å². The van der Waals surface area contributed by atoms with Crippen molar-refractivity contribution in [3.05, 3.63) is 42.2 Å². The smallest absolute Gasteiger partial charge is 0.159 e.